The molecule has 0 spiro atoms. The van der Waals surface area contributed by atoms with Crippen molar-refractivity contribution < 1.29 is 24.2 Å². The Bertz CT molecular complexity index is 1380. The summed E-state index contributed by atoms with van der Waals surface area (Å²) in [6.07, 6.45) is 98.5. The average molecular weight is 1130 g/mol. The molecule has 5 heteroatoms. The van der Waals surface area contributed by atoms with E-state index in [0.29, 0.717) is 12.8 Å². The molecular formula is C76H140O5. The summed E-state index contributed by atoms with van der Waals surface area (Å²) in [6.45, 7) is 4.08. The number of aliphatic hydroxyl groups is 1. The van der Waals surface area contributed by atoms with Crippen LogP contribution in [0.2, 0.25) is 0 Å². The van der Waals surface area contributed by atoms with Crippen LogP contribution in [0.4, 0.5) is 0 Å². The van der Waals surface area contributed by atoms with E-state index in [2.05, 4.69) is 74.6 Å². The van der Waals surface area contributed by atoms with Gasteiger partial charge in [0, 0.05) is 12.8 Å². The quantitative estimate of drug-likeness (QED) is 0.0373. The Hall–Kier alpha value is -2.40. The Kier molecular flexibility index (Phi) is 69.7. The van der Waals surface area contributed by atoms with Crippen LogP contribution in [0.1, 0.15) is 393 Å². The van der Waals surface area contributed by atoms with Crippen molar-refractivity contribution in [3.8, 4) is 0 Å². The molecule has 0 aliphatic rings. The Morgan fingerprint density at radius 2 is 0.531 bits per heavy atom. The van der Waals surface area contributed by atoms with Crippen LogP contribution in [0, 0.1) is 0 Å². The SMILES string of the molecule is CC/C=C\C/C=C\C/C=C\C/C=C\C/C=C\CCCCCCCCCCCCCCCC(=O)OC(CO)COC(=O)CCCCCCCCCCCCCCCCCCCCCCCCCCCCCCCCCCCCCCCC. The largest absolute Gasteiger partial charge is 0.462 e. The van der Waals surface area contributed by atoms with Gasteiger partial charge in [-0.05, 0) is 57.8 Å². The summed E-state index contributed by atoms with van der Waals surface area (Å²) in [5.74, 6) is -0.573. The Morgan fingerprint density at radius 3 is 0.802 bits per heavy atom. The lowest BCUT2D eigenvalue weighted by Gasteiger charge is -2.15. The number of rotatable bonds is 68. The molecule has 0 radical (unpaired) electrons. The number of esters is 2. The molecule has 0 aromatic heterocycles. The van der Waals surface area contributed by atoms with Crippen LogP contribution in [0.15, 0.2) is 60.8 Å². The van der Waals surface area contributed by atoms with Crippen molar-refractivity contribution in [3.05, 3.63) is 60.8 Å². The third kappa shape index (κ3) is 70.0. The molecule has 474 valence electrons. The van der Waals surface area contributed by atoms with Gasteiger partial charge in [-0.3, -0.25) is 9.59 Å². The van der Waals surface area contributed by atoms with Gasteiger partial charge < -0.3 is 14.6 Å². The zero-order valence-corrected chi connectivity index (χ0v) is 54.6. The zero-order valence-electron chi connectivity index (χ0n) is 54.6. The summed E-state index contributed by atoms with van der Waals surface area (Å²) in [5, 5.41) is 9.71. The van der Waals surface area contributed by atoms with Crippen LogP contribution in [0.5, 0.6) is 0 Å². The van der Waals surface area contributed by atoms with E-state index in [1.807, 2.05) is 0 Å². The predicted molar refractivity (Wildman–Crippen MR) is 357 cm³/mol. The lowest BCUT2D eigenvalue weighted by Crippen LogP contribution is -2.28. The minimum absolute atomic E-state index is 0.0629. The van der Waals surface area contributed by atoms with Crippen molar-refractivity contribution >= 4 is 11.9 Å². The maximum absolute atomic E-state index is 12.4. The van der Waals surface area contributed by atoms with Crippen LogP contribution in [0.3, 0.4) is 0 Å². The van der Waals surface area contributed by atoms with Crippen molar-refractivity contribution in [1.29, 1.82) is 0 Å². The number of allylic oxidation sites excluding steroid dienone is 10. The molecule has 0 saturated carbocycles. The second kappa shape index (κ2) is 71.9. The number of carbonyl (C=O) groups excluding carboxylic acids is 2. The third-order valence-electron chi connectivity index (χ3n) is 16.6. The molecule has 1 unspecified atom stereocenters. The molecule has 0 fully saturated rings. The first-order chi connectivity index (χ1) is 40.1. The van der Waals surface area contributed by atoms with Gasteiger partial charge in [0.25, 0.3) is 0 Å². The van der Waals surface area contributed by atoms with Gasteiger partial charge in [-0.25, -0.2) is 0 Å². The average Bonchev–Trinajstić information content (AvgIpc) is 3.47. The maximum atomic E-state index is 12.4. The van der Waals surface area contributed by atoms with Gasteiger partial charge in [0.2, 0.25) is 0 Å². The van der Waals surface area contributed by atoms with E-state index in [4.69, 9.17) is 9.47 Å². The summed E-state index contributed by atoms with van der Waals surface area (Å²) in [6, 6.07) is 0. The van der Waals surface area contributed by atoms with Gasteiger partial charge in [0.15, 0.2) is 6.10 Å². The molecule has 0 saturated heterocycles. The minimum Gasteiger partial charge on any atom is -0.462 e. The third-order valence-corrected chi connectivity index (χ3v) is 16.6. The summed E-state index contributed by atoms with van der Waals surface area (Å²) in [4.78, 5) is 24.7. The molecule has 0 bridgehead atoms. The molecule has 0 heterocycles. The first-order valence-corrected chi connectivity index (χ1v) is 36.3. The van der Waals surface area contributed by atoms with Crippen LogP contribution in [-0.4, -0.2) is 36.4 Å². The summed E-state index contributed by atoms with van der Waals surface area (Å²) in [7, 11) is 0. The predicted octanol–water partition coefficient (Wildman–Crippen LogP) is 25.3. The van der Waals surface area contributed by atoms with Crippen molar-refractivity contribution in [2.45, 2.75) is 399 Å². The minimum atomic E-state index is -0.774. The van der Waals surface area contributed by atoms with Crippen molar-refractivity contribution in [3.63, 3.8) is 0 Å². The first kappa shape index (κ1) is 78.6. The molecular weight excluding hydrogens is 993 g/mol. The first-order valence-electron chi connectivity index (χ1n) is 36.3. The smallest absolute Gasteiger partial charge is 0.306 e. The van der Waals surface area contributed by atoms with Crippen molar-refractivity contribution in [2.75, 3.05) is 13.2 Å². The Labute approximate surface area is 506 Å². The molecule has 0 rings (SSSR count). The highest BCUT2D eigenvalue weighted by Gasteiger charge is 2.16. The summed E-state index contributed by atoms with van der Waals surface area (Å²) >= 11 is 0. The summed E-state index contributed by atoms with van der Waals surface area (Å²) < 4.78 is 10.8. The molecule has 1 N–H and O–H groups in total. The van der Waals surface area contributed by atoms with Crippen LogP contribution < -0.4 is 0 Å². The lowest BCUT2D eigenvalue weighted by molar-refractivity contribution is -0.161. The van der Waals surface area contributed by atoms with E-state index in [1.165, 1.54) is 302 Å². The highest BCUT2D eigenvalue weighted by molar-refractivity contribution is 5.70. The topological polar surface area (TPSA) is 72.8 Å². The highest BCUT2D eigenvalue weighted by Crippen LogP contribution is 2.19. The van der Waals surface area contributed by atoms with E-state index in [9.17, 15) is 14.7 Å². The number of hydrogen-bond acceptors (Lipinski definition) is 5. The van der Waals surface area contributed by atoms with Gasteiger partial charge in [0.05, 0.1) is 6.61 Å². The van der Waals surface area contributed by atoms with Crippen molar-refractivity contribution in [2.24, 2.45) is 0 Å². The van der Waals surface area contributed by atoms with Gasteiger partial charge in [-0.1, -0.05) is 383 Å². The van der Waals surface area contributed by atoms with Crippen molar-refractivity contribution in [1.82, 2.24) is 0 Å². The molecule has 5 nitrogen and oxygen atoms in total. The summed E-state index contributed by atoms with van der Waals surface area (Å²) in [5.41, 5.74) is 0. The number of ether oxygens (including phenoxy) is 2. The monoisotopic (exact) mass is 1130 g/mol. The van der Waals surface area contributed by atoms with E-state index in [-0.39, 0.29) is 25.2 Å². The molecule has 1 atom stereocenters. The molecule has 0 aliphatic heterocycles. The van der Waals surface area contributed by atoms with E-state index in [1.54, 1.807) is 0 Å². The number of hydrogen-bond donors (Lipinski definition) is 1. The Balaban J connectivity index is 3.38. The fourth-order valence-corrected chi connectivity index (χ4v) is 11.2. The maximum Gasteiger partial charge on any atom is 0.306 e. The van der Waals surface area contributed by atoms with E-state index < -0.39 is 6.10 Å². The standard InChI is InChI=1S/C76H140O5/c1-3-5-7-9-11-13-15-17-19-21-23-25-27-29-31-33-34-35-36-37-38-39-40-41-43-44-46-48-50-52-54-56-58-60-62-64-66-68-70-75(78)80-73-74(72-77)81-76(79)71-69-67-65-63-61-59-57-55-53-51-49-47-45-42-32-30-28-26-24-22-20-18-16-14-12-10-8-6-4-2/h6,8,12,14,18,20,24,26,30,32,74,77H,3-5,7,9-11,13,15-17,19,21-23,25,27-29,31,33-73H2,1-2H3/b8-6-,14-12-,20-18-,26-24-,32-30-. The highest BCUT2D eigenvalue weighted by atomic mass is 16.6. The molecule has 0 amide bonds. The second-order valence-corrected chi connectivity index (χ2v) is 24.7. The van der Waals surface area contributed by atoms with Gasteiger partial charge in [-0.2, -0.15) is 0 Å². The van der Waals surface area contributed by atoms with Gasteiger partial charge in [0.1, 0.15) is 6.61 Å². The van der Waals surface area contributed by atoms with Gasteiger partial charge >= 0.3 is 11.9 Å². The van der Waals surface area contributed by atoms with Crippen LogP contribution in [0.25, 0.3) is 0 Å². The number of unbranched alkanes of at least 4 members (excludes halogenated alkanes) is 50. The Morgan fingerprint density at radius 1 is 0.296 bits per heavy atom. The van der Waals surface area contributed by atoms with Crippen LogP contribution >= 0.6 is 0 Å². The zero-order chi connectivity index (χ0) is 58.4. The second-order valence-electron chi connectivity index (χ2n) is 24.7. The fourth-order valence-electron chi connectivity index (χ4n) is 11.2. The molecule has 0 aliphatic carbocycles. The lowest BCUT2D eigenvalue weighted by atomic mass is 10.0. The molecule has 0 aromatic rings. The normalized spacial score (nSPS) is 12.5. The van der Waals surface area contributed by atoms with Gasteiger partial charge in [-0.15, -0.1) is 0 Å². The van der Waals surface area contributed by atoms with Crippen LogP contribution in [-0.2, 0) is 19.1 Å². The number of aliphatic hydroxyl groups excluding tert-OH is 1. The van der Waals surface area contributed by atoms with E-state index in [0.717, 1.165) is 64.2 Å². The van der Waals surface area contributed by atoms with E-state index >= 15 is 0 Å². The molecule has 81 heavy (non-hydrogen) atoms. The number of carbonyl (C=O) groups is 2. The fraction of sp³-hybridized carbons (Fsp3) is 0.842. The molecule has 0 aromatic carbocycles.